The Morgan fingerprint density at radius 2 is 2.43 bits per heavy atom. The molecule has 4 heteroatoms. The van der Waals surface area contributed by atoms with E-state index in [1.165, 1.54) is 0 Å². The Labute approximate surface area is 82.1 Å². The summed E-state index contributed by atoms with van der Waals surface area (Å²) in [5.41, 5.74) is 7.69. The van der Waals surface area contributed by atoms with Crippen molar-refractivity contribution in [2.75, 3.05) is 5.73 Å². The second-order valence-corrected chi connectivity index (χ2v) is 3.19. The number of aromatic amines is 1. The van der Waals surface area contributed by atoms with Crippen LogP contribution in [-0.2, 0) is 6.42 Å². The van der Waals surface area contributed by atoms with Crippen LogP contribution in [0.25, 0.3) is 11.5 Å². The van der Waals surface area contributed by atoms with Crippen LogP contribution < -0.4 is 5.73 Å². The molecule has 0 radical (unpaired) electrons. The van der Waals surface area contributed by atoms with E-state index in [4.69, 9.17) is 10.2 Å². The van der Waals surface area contributed by atoms with Crippen molar-refractivity contribution >= 4 is 5.82 Å². The molecule has 0 unspecified atom stereocenters. The van der Waals surface area contributed by atoms with Gasteiger partial charge in [0.1, 0.15) is 11.5 Å². The average Bonchev–Trinajstić information content (AvgIpc) is 2.77. The maximum atomic E-state index is 5.75. The SMILES string of the molecule is CCCc1c(N)n[nH]c1-c1ccco1. The Morgan fingerprint density at radius 3 is 3.07 bits per heavy atom. The number of hydrogen-bond acceptors (Lipinski definition) is 3. The summed E-state index contributed by atoms with van der Waals surface area (Å²) in [5.74, 6) is 1.36. The maximum Gasteiger partial charge on any atom is 0.152 e. The molecule has 0 fully saturated rings. The topological polar surface area (TPSA) is 67.8 Å². The standard InChI is InChI=1S/C10H13N3O/c1-2-4-7-9(12-13-10(7)11)8-5-3-6-14-8/h3,5-6H,2,4H2,1H3,(H3,11,12,13). The van der Waals surface area contributed by atoms with Gasteiger partial charge in [0.25, 0.3) is 0 Å². The number of furan rings is 1. The van der Waals surface area contributed by atoms with Crippen LogP contribution in [0.1, 0.15) is 18.9 Å². The van der Waals surface area contributed by atoms with Gasteiger partial charge in [-0.25, -0.2) is 0 Å². The molecule has 2 rings (SSSR count). The van der Waals surface area contributed by atoms with Crippen molar-refractivity contribution in [3.8, 4) is 11.5 Å². The first-order valence-corrected chi connectivity index (χ1v) is 4.69. The van der Waals surface area contributed by atoms with Gasteiger partial charge in [0.15, 0.2) is 5.76 Å². The van der Waals surface area contributed by atoms with Crippen LogP contribution in [0.4, 0.5) is 5.82 Å². The van der Waals surface area contributed by atoms with Gasteiger partial charge in [-0.2, -0.15) is 5.10 Å². The number of nitrogens with one attached hydrogen (secondary N) is 1. The van der Waals surface area contributed by atoms with E-state index in [1.54, 1.807) is 6.26 Å². The van der Waals surface area contributed by atoms with Gasteiger partial charge in [0, 0.05) is 5.56 Å². The molecule has 0 atom stereocenters. The van der Waals surface area contributed by atoms with Gasteiger partial charge in [0.2, 0.25) is 0 Å². The summed E-state index contributed by atoms with van der Waals surface area (Å²) in [7, 11) is 0. The molecule has 4 nitrogen and oxygen atoms in total. The second-order valence-electron chi connectivity index (χ2n) is 3.19. The number of nitrogen functional groups attached to an aromatic ring is 1. The van der Waals surface area contributed by atoms with Crippen molar-refractivity contribution < 1.29 is 4.42 Å². The smallest absolute Gasteiger partial charge is 0.152 e. The molecular formula is C10H13N3O. The Balaban J connectivity index is 2.43. The first-order chi connectivity index (χ1) is 6.83. The zero-order valence-electron chi connectivity index (χ0n) is 8.08. The molecular weight excluding hydrogens is 178 g/mol. The van der Waals surface area contributed by atoms with Crippen LogP contribution >= 0.6 is 0 Å². The Kier molecular flexibility index (Phi) is 2.26. The zero-order valence-corrected chi connectivity index (χ0v) is 8.08. The van der Waals surface area contributed by atoms with Gasteiger partial charge in [-0.15, -0.1) is 0 Å². The van der Waals surface area contributed by atoms with Gasteiger partial charge in [-0.3, -0.25) is 5.10 Å². The third kappa shape index (κ3) is 1.39. The highest BCUT2D eigenvalue weighted by atomic mass is 16.3. The fourth-order valence-corrected chi connectivity index (χ4v) is 1.51. The van der Waals surface area contributed by atoms with Crippen LogP contribution in [0, 0.1) is 0 Å². The van der Waals surface area contributed by atoms with Gasteiger partial charge >= 0.3 is 0 Å². The number of hydrogen-bond donors (Lipinski definition) is 2. The molecule has 2 aromatic rings. The summed E-state index contributed by atoms with van der Waals surface area (Å²) in [5, 5.41) is 6.88. The van der Waals surface area contributed by atoms with E-state index in [0.717, 1.165) is 29.9 Å². The van der Waals surface area contributed by atoms with Crippen LogP contribution in [0.3, 0.4) is 0 Å². The predicted molar refractivity (Wildman–Crippen MR) is 54.7 cm³/mol. The Hall–Kier alpha value is -1.71. The van der Waals surface area contributed by atoms with E-state index in [1.807, 2.05) is 12.1 Å². The van der Waals surface area contributed by atoms with Crippen LogP contribution in [-0.4, -0.2) is 10.2 Å². The summed E-state index contributed by atoms with van der Waals surface area (Å²) in [6, 6.07) is 3.74. The van der Waals surface area contributed by atoms with Crippen molar-refractivity contribution in [3.05, 3.63) is 24.0 Å². The van der Waals surface area contributed by atoms with E-state index in [0.29, 0.717) is 5.82 Å². The summed E-state index contributed by atoms with van der Waals surface area (Å²) < 4.78 is 5.29. The summed E-state index contributed by atoms with van der Waals surface area (Å²) >= 11 is 0. The van der Waals surface area contributed by atoms with Crippen LogP contribution in [0.5, 0.6) is 0 Å². The van der Waals surface area contributed by atoms with Crippen molar-refractivity contribution in [3.63, 3.8) is 0 Å². The molecule has 0 aromatic carbocycles. The summed E-state index contributed by atoms with van der Waals surface area (Å²) in [6.45, 7) is 2.11. The molecule has 2 heterocycles. The lowest BCUT2D eigenvalue weighted by molar-refractivity contribution is 0.579. The van der Waals surface area contributed by atoms with E-state index in [2.05, 4.69) is 17.1 Å². The molecule has 0 bridgehead atoms. The quantitative estimate of drug-likeness (QED) is 0.781. The molecule has 0 amide bonds. The highest BCUT2D eigenvalue weighted by Gasteiger charge is 2.13. The van der Waals surface area contributed by atoms with E-state index >= 15 is 0 Å². The molecule has 0 aliphatic rings. The first kappa shape index (κ1) is 8.87. The molecule has 0 spiro atoms. The number of nitrogens with two attached hydrogens (primary N) is 1. The van der Waals surface area contributed by atoms with Crippen molar-refractivity contribution in [2.24, 2.45) is 0 Å². The van der Waals surface area contributed by atoms with Crippen LogP contribution in [0.2, 0.25) is 0 Å². The normalized spacial score (nSPS) is 10.6. The van der Waals surface area contributed by atoms with E-state index in [9.17, 15) is 0 Å². The highest BCUT2D eigenvalue weighted by Crippen LogP contribution is 2.26. The zero-order chi connectivity index (χ0) is 9.97. The summed E-state index contributed by atoms with van der Waals surface area (Å²) in [4.78, 5) is 0. The number of nitrogens with zero attached hydrogens (tertiary/aromatic N) is 1. The molecule has 74 valence electrons. The largest absolute Gasteiger partial charge is 0.463 e. The monoisotopic (exact) mass is 191 g/mol. The predicted octanol–water partition coefficient (Wildman–Crippen LogP) is 2.20. The molecule has 0 aliphatic carbocycles. The average molecular weight is 191 g/mol. The third-order valence-electron chi connectivity index (χ3n) is 2.17. The molecule has 0 saturated carbocycles. The van der Waals surface area contributed by atoms with Gasteiger partial charge in [-0.1, -0.05) is 13.3 Å². The fourth-order valence-electron chi connectivity index (χ4n) is 1.51. The number of anilines is 1. The van der Waals surface area contributed by atoms with Crippen molar-refractivity contribution in [2.45, 2.75) is 19.8 Å². The van der Waals surface area contributed by atoms with E-state index in [-0.39, 0.29) is 0 Å². The lowest BCUT2D eigenvalue weighted by Gasteiger charge is -1.98. The minimum absolute atomic E-state index is 0.568. The Bertz CT molecular complexity index is 403. The second kappa shape index (κ2) is 3.57. The molecule has 3 N–H and O–H groups in total. The molecule has 0 aliphatic heterocycles. The first-order valence-electron chi connectivity index (χ1n) is 4.69. The van der Waals surface area contributed by atoms with Crippen molar-refractivity contribution in [1.29, 1.82) is 0 Å². The molecule has 2 aromatic heterocycles. The number of aromatic nitrogens is 2. The number of H-pyrrole nitrogens is 1. The third-order valence-corrected chi connectivity index (χ3v) is 2.17. The molecule has 0 saturated heterocycles. The highest BCUT2D eigenvalue weighted by molar-refractivity contribution is 5.63. The lowest BCUT2D eigenvalue weighted by Crippen LogP contribution is -1.92. The van der Waals surface area contributed by atoms with Gasteiger partial charge in [0.05, 0.1) is 6.26 Å². The summed E-state index contributed by atoms with van der Waals surface area (Å²) in [6.07, 6.45) is 3.60. The fraction of sp³-hybridized carbons (Fsp3) is 0.300. The lowest BCUT2D eigenvalue weighted by atomic mass is 10.1. The van der Waals surface area contributed by atoms with E-state index < -0.39 is 0 Å². The van der Waals surface area contributed by atoms with Gasteiger partial charge < -0.3 is 10.2 Å². The van der Waals surface area contributed by atoms with Crippen LogP contribution in [0.15, 0.2) is 22.8 Å². The van der Waals surface area contributed by atoms with Crippen molar-refractivity contribution in [1.82, 2.24) is 10.2 Å². The maximum absolute atomic E-state index is 5.75. The number of rotatable bonds is 3. The minimum atomic E-state index is 0.568. The minimum Gasteiger partial charge on any atom is -0.463 e. The molecule has 14 heavy (non-hydrogen) atoms. The Morgan fingerprint density at radius 1 is 1.57 bits per heavy atom. The van der Waals surface area contributed by atoms with Gasteiger partial charge in [-0.05, 0) is 18.6 Å².